The second kappa shape index (κ2) is 11.8. The number of benzene rings is 1. The van der Waals surface area contributed by atoms with Gasteiger partial charge in [0.25, 0.3) is 0 Å². The van der Waals surface area contributed by atoms with Gasteiger partial charge in [0.2, 0.25) is 11.7 Å². The number of nitrogens with one attached hydrogen (secondary N) is 1. The first-order chi connectivity index (χ1) is 10.7. The molecule has 0 fully saturated rings. The van der Waals surface area contributed by atoms with Crippen LogP contribution in [0.3, 0.4) is 0 Å². The Balaban J connectivity index is 0.00000484. The molecule has 0 radical (unpaired) electrons. The number of hydrogen-bond acceptors (Lipinski definition) is 5. The van der Waals surface area contributed by atoms with Gasteiger partial charge in [0.1, 0.15) is 0 Å². The molecular weight excluding hydrogens is 320 g/mol. The predicted molar refractivity (Wildman–Crippen MR) is 93.0 cm³/mol. The van der Waals surface area contributed by atoms with Crippen LogP contribution in [0.2, 0.25) is 0 Å². The summed E-state index contributed by atoms with van der Waals surface area (Å²) in [5, 5.41) is 2.89. The Morgan fingerprint density at radius 1 is 1.09 bits per heavy atom. The molecule has 1 rings (SSSR count). The fourth-order valence-electron chi connectivity index (χ4n) is 2.12. The molecule has 1 aromatic rings. The highest BCUT2D eigenvalue weighted by atomic mass is 35.5. The molecule has 0 aliphatic rings. The third-order valence-corrected chi connectivity index (χ3v) is 3.32. The van der Waals surface area contributed by atoms with Gasteiger partial charge in [0.15, 0.2) is 11.5 Å². The summed E-state index contributed by atoms with van der Waals surface area (Å²) >= 11 is 0. The van der Waals surface area contributed by atoms with E-state index < -0.39 is 0 Å². The van der Waals surface area contributed by atoms with Crippen LogP contribution in [0.25, 0.3) is 0 Å². The second-order valence-corrected chi connectivity index (χ2v) is 4.88. The van der Waals surface area contributed by atoms with Crippen LogP contribution in [0.1, 0.15) is 24.8 Å². The zero-order chi connectivity index (χ0) is 16.4. The van der Waals surface area contributed by atoms with E-state index >= 15 is 0 Å². The maximum absolute atomic E-state index is 11.8. The molecule has 7 heteroatoms. The van der Waals surface area contributed by atoms with Crippen molar-refractivity contribution >= 4 is 18.3 Å². The Labute approximate surface area is 144 Å². The van der Waals surface area contributed by atoms with Gasteiger partial charge in [-0.1, -0.05) is 0 Å². The smallest absolute Gasteiger partial charge is 0.220 e. The third-order valence-electron chi connectivity index (χ3n) is 3.32. The van der Waals surface area contributed by atoms with Gasteiger partial charge in [-0.05, 0) is 43.5 Å². The number of nitrogens with two attached hydrogens (primary N) is 1. The lowest BCUT2D eigenvalue weighted by atomic mass is 10.1. The van der Waals surface area contributed by atoms with Crippen LogP contribution in [0.5, 0.6) is 17.2 Å². The zero-order valence-corrected chi connectivity index (χ0v) is 14.8. The zero-order valence-electron chi connectivity index (χ0n) is 14.0. The maximum Gasteiger partial charge on any atom is 0.220 e. The summed E-state index contributed by atoms with van der Waals surface area (Å²) in [5.41, 5.74) is 6.38. The summed E-state index contributed by atoms with van der Waals surface area (Å²) < 4.78 is 15.9. The van der Waals surface area contributed by atoms with Crippen molar-refractivity contribution in [2.45, 2.75) is 25.7 Å². The van der Waals surface area contributed by atoms with Gasteiger partial charge in [-0.15, -0.1) is 12.4 Å². The Bertz CT molecular complexity index is 458. The van der Waals surface area contributed by atoms with Crippen molar-refractivity contribution in [2.75, 3.05) is 34.4 Å². The molecule has 6 nitrogen and oxygen atoms in total. The Morgan fingerprint density at radius 3 is 2.17 bits per heavy atom. The van der Waals surface area contributed by atoms with Crippen molar-refractivity contribution in [3.8, 4) is 17.2 Å². The monoisotopic (exact) mass is 346 g/mol. The number of ether oxygens (including phenoxy) is 3. The lowest BCUT2D eigenvalue weighted by molar-refractivity contribution is -0.121. The van der Waals surface area contributed by atoms with Gasteiger partial charge >= 0.3 is 0 Å². The summed E-state index contributed by atoms with van der Waals surface area (Å²) in [5.74, 6) is 1.78. The standard InChI is InChI=1S/C16H26N2O4.ClH/c1-20-13-10-12(11-14(21-2)16(13)22-3)6-7-15(19)18-9-5-4-8-17;/h10-11H,4-9,17H2,1-3H3,(H,18,19);1H. The lowest BCUT2D eigenvalue weighted by Gasteiger charge is -2.14. The highest BCUT2D eigenvalue weighted by molar-refractivity contribution is 5.85. The fourth-order valence-corrected chi connectivity index (χ4v) is 2.12. The summed E-state index contributed by atoms with van der Waals surface area (Å²) in [7, 11) is 4.71. The molecule has 132 valence electrons. The minimum Gasteiger partial charge on any atom is -0.493 e. The van der Waals surface area contributed by atoms with E-state index in [1.165, 1.54) is 0 Å². The topological polar surface area (TPSA) is 82.8 Å². The van der Waals surface area contributed by atoms with E-state index in [0.29, 0.717) is 43.2 Å². The van der Waals surface area contributed by atoms with Crippen molar-refractivity contribution in [3.63, 3.8) is 0 Å². The predicted octanol–water partition coefficient (Wildman–Crippen LogP) is 1.92. The van der Waals surface area contributed by atoms with Gasteiger partial charge in [0, 0.05) is 13.0 Å². The molecule has 0 saturated heterocycles. The number of unbranched alkanes of at least 4 members (excludes halogenated alkanes) is 1. The number of carbonyl (C=O) groups is 1. The molecular formula is C16H27ClN2O4. The van der Waals surface area contributed by atoms with Gasteiger partial charge in [0.05, 0.1) is 21.3 Å². The first-order valence-corrected chi connectivity index (χ1v) is 7.41. The van der Waals surface area contributed by atoms with Crippen LogP contribution in [-0.4, -0.2) is 40.3 Å². The Kier molecular flexibility index (Phi) is 11.0. The van der Waals surface area contributed by atoms with Crippen LogP contribution in [0.4, 0.5) is 0 Å². The van der Waals surface area contributed by atoms with Crippen molar-refractivity contribution in [1.82, 2.24) is 5.32 Å². The summed E-state index contributed by atoms with van der Waals surface area (Å²) in [6, 6.07) is 3.73. The molecule has 0 heterocycles. The van der Waals surface area contributed by atoms with Gasteiger partial charge in [-0.2, -0.15) is 0 Å². The van der Waals surface area contributed by atoms with Gasteiger partial charge in [-0.25, -0.2) is 0 Å². The molecule has 0 bridgehead atoms. The average molecular weight is 347 g/mol. The van der Waals surface area contributed by atoms with E-state index in [-0.39, 0.29) is 18.3 Å². The van der Waals surface area contributed by atoms with E-state index in [4.69, 9.17) is 19.9 Å². The second-order valence-electron chi connectivity index (χ2n) is 4.88. The van der Waals surface area contributed by atoms with Gasteiger partial charge in [-0.3, -0.25) is 4.79 Å². The molecule has 0 unspecified atom stereocenters. The van der Waals surface area contributed by atoms with Crippen LogP contribution < -0.4 is 25.3 Å². The summed E-state index contributed by atoms with van der Waals surface area (Å²) in [4.78, 5) is 11.8. The van der Waals surface area contributed by atoms with E-state index in [2.05, 4.69) is 5.32 Å². The Hall–Kier alpha value is -1.66. The Morgan fingerprint density at radius 2 is 1.70 bits per heavy atom. The van der Waals surface area contributed by atoms with E-state index in [9.17, 15) is 4.79 Å². The highest BCUT2D eigenvalue weighted by Crippen LogP contribution is 2.38. The number of halogens is 1. The molecule has 0 atom stereocenters. The number of hydrogen-bond donors (Lipinski definition) is 2. The first kappa shape index (κ1) is 21.3. The SMILES string of the molecule is COc1cc(CCC(=O)NCCCCN)cc(OC)c1OC.Cl. The molecule has 23 heavy (non-hydrogen) atoms. The van der Waals surface area contributed by atoms with E-state index in [0.717, 1.165) is 18.4 Å². The number of rotatable bonds is 10. The molecule has 0 aliphatic heterocycles. The van der Waals surface area contributed by atoms with Crippen LogP contribution in [-0.2, 0) is 11.2 Å². The molecule has 0 saturated carbocycles. The number of methoxy groups -OCH3 is 3. The largest absolute Gasteiger partial charge is 0.493 e. The maximum atomic E-state index is 11.8. The number of aryl methyl sites for hydroxylation is 1. The van der Waals surface area contributed by atoms with E-state index in [1.807, 2.05) is 12.1 Å². The van der Waals surface area contributed by atoms with Crippen molar-refractivity contribution in [1.29, 1.82) is 0 Å². The molecule has 3 N–H and O–H groups in total. The van der Waals surface area contributed by atoms with Crippen molar-refractivity contribution in [3.05, 3.63) is 17.7 Å². The fraction of sp³-hybridized carbons (Fsp3) is 0.562. The molecule has 0 spiro atoms. The molecule has 0 aliphatic carbocycles. The molecule has 1 aromatic carbocycles. The van der Waals surface area contributed by atoms with Crippen LogP contribution in [0.15, 0.2) is 12.1 Å². The van der Waals surface area contributed by atoms with Gasteiger partial charge < -0.3 is 25.3 Å². The quantitative estimate of drug-likeness (QED) is 0.632. The minimum absolute atomic E-state index is 0. The number of amides is 1. The van der Waals surface area contributed by atoms with Crippen molar-refractivity contribution in [2.24, 2.45) is 5.73 Å². The molecule has 1 amide bonds. The lowest BCUT2D eigenvalue weighted by Crippen LogP contribution is -2.25. The first-order valence-electron chi connectivity index (χ1n) is 7.41. The minimum atomic E-state index is 0. The van der Waals surface area contributed by atoms with Crippen LogP contribution in [0, 0.1) is 0 Å². The normalized spacial score (nSPS) is 9.74. The summed E-state index contributed by atoms with van der Waals surface area (Å²) in [6.45, 7) is 1.33. The van der Waals surface area contributed by atoms with Crippen molar-refractivity contribution < 1.29 is 19.0 Å². The van der Waals surface area contributed by atoms with E-state index in [1.54, 1.807) is 21.3 Å². The summed E-state index contributed by atoms with van der Waals surface area (Å²) in [6.07, 6.45) is 2.86. The average Bonchev–Trinajstić information content (AvgIpc) is 2.55. The van der Waals surface area contributed by atoms with Crippen LogP contribution >= 0.6 is 12.4 Å². The number of carbonyl (C=O) groups excluding carboxylic acids is 1. The highest BCUT2D eigenvalue weighted by Gasteiger charge is 2.13. The molecule has 0 aromatic heterocycles. The third kappa shape index (κ3) is 6.97.